The van der Waals surface area contributed by atoms with E-state index in [1.807, 2.05) is 20.9 Å². The molecular formula is C15H23ClN2O3. The molecule has 0 saturated heterocycles. The lowest BCUT2D eigenvalue weighted by molar-refractivity contribution is -0.123. The molecule has 0 bridgehead atoms. The summed E-state index contributed by atoms with van der Waals surface area (Å²) < 4.78 is 10.9. The van der Waals surface area contributed by atoms with Gasteiger partial charge in [0.15, 0.2) is 18.1 Å². The van der Waals surface area contributed by atoms with Gasteiger partial charge in [-0.2, -0.15) is 0 Å². The highest BCUT2D eigenvalue weighted by atomic mass is 35.5. The van der Waals surface area contributed by atoms with Crippen LogP contribution in [0.25, 0.3) is 0 Å². The number of halogens is 1. The quantitative estimate of drug-likeness (QED) is 0.772. The van der Waals surface area contributed by atoms with E-state index >= 15 is 0 Å². The van der Waals surface area contributed by atoms with Crippen molar-refractivity contribution in [3.05, 3.63) is 22.7 Å². The fourth-order valence-corrected chi connectivity index (χ4v) is 2.00. The number of hydrogen-bond acceptors (Lipinski definition) is 4. The number of carbonyl (C=O) groups excluding carboxylic acids is 1. The number of benzene rings is 1. The standard InChI is InChI=1S/C15H23ClN2O3/c1-10(2)7-18-14(19)9-21-15-11(8-17-3)5-12(16)6-13(15)20-4/h5-6,10,17H,7-9H2,1-4H3,(H,18,19). The number of ether oxygens (including phenoxy) is 2. The highest BCUT2D eigenvalue weighted by Crippen LogP contribution is 2.34. The largest absolute Gasteiger partial charge is 0.493 e. The average molecular weight is 315 g/mol. The maximum atomic E-state index is 11.7. The van der Waals surface area contributed by atoms with Crippen LogP contribution in [0.3, 0.4) is 0 Å². The van der Waals surface area contributed by atoms with Crippen LogP contribution in [0.5, 0.6) is 11.5 Å². The predicted octanol–water partition coefficient (Wildman–Crippen LogP) is 2.22. The molecule has 0 heterocycles. The van der Waals surface area contributed by atoms with Gasteiger partial charge in [-0.3, -0.25) is 4.79 Å². The first-order valence-electron chi connectivity index (χ1n) is 6.88. The highest BCUT2D eigenvalue weighted by Gasteiger charge is 2.14. The molecule has 2 N–H and O–H groups in total. The molecule has 6 heteroatoms. The van der Waals surface area contributed by atoms with Crippen LogP contribution in [-0.2, 0) is 11.3 Å². The molecule has 5 nitrogen and oxygen atoms in total. The molecule has 0 aliphatic carbocycles. The van der Waals surface area contributed by atoms with Gasteiger partial charge in [0.25, 0.3) is 5.91 Å². The van der Waals surface area contributed by atoms with Gasteiger partial charge in [-0.05, 0) is 19.0 Å². The average Bonchev–Trinajstić information content (AvgIpc) is 2.43. The summed E-state index contributed by atoms with van der Waals surface area (Å²) in [4.78, 5) is 11.7. The van der Waals surface area contributed by atoms with E-state index in [4.69, 9.17) is 21.1 Å². The number of methoxy groups -OCH3 is 1. The predicted molar refractivity (Wildman–Crippen MR) is 84.1 cm³/mol. The number of carbonyl (C=O) groups is 1. The molecule has 0 aliphatic rings. The number of hydrogen-bond donors (Lipinski definition) is 2. The Hall–Kier alpha value is -1.46. The van der Waals surface area contributed by atoms with Gasteiger partial charge in [-0.15, -0.1) is 0 Å². The van der Waals surface area contributed by atoms with Crippen LogP contribution in [0, 0.1) is 5.92 Å². The van der Waals surface area contributed by atoms with Crippen LogP contribution >= 0.6 is 11.6 Å². The maximum Gasteiger partial charge on any atom is 0.257 e. The highest BCUT2D eigenvalue weighted by molar-refractivity contribution is 6.30. The summed E-state index contributed by atoms with van der Waals surface area (Å²) in [6.07, 6.45) is 0. The minimum Gasteiger partial charge on any atom is -0.493 e. The second-order valence-electron chi connectivity index (χ2n) is 5.11. The lowest BCUT2D eigenvalue weighted by atomic mass is 10.2. The van der Waals surface area contributed by atoms with Gasteiger partial charge in [0.2, 0.25) is 0 Å². The van der Waals surface area contributed by atoms with Gasteiger partial charge in [0, 0.05) is 29.7 Å². The van der Waals surface area contributed by atoms with E-state index < -0.39 is 0 Å². The van der Waals surface area contributed by atoms with Crippen LogP contribution in [0.2, 0.25) is 5.02 Å². The van der Waals surface area contributed by atoms with Crippen molar-refractivity contribution in [3.8, 4) is 11.5 Å². The first-order chi connectivity index (χ1) is 9.97. The summed E-state index contributed by atoms with van der Waals surface area (Å²) in [5, 5.41) is 6.41. The first kappa shape index (κ1) is 17.6. The minimum atomic E-state index is -0.156. The Morgan fingerprint density at radius 2 is 2.10 bits per heavy atom. The van der Waals surface area contributed by atoms with Crippen LogP contribution < -0.4 is 20.1 Å². The van der Waals surface area contributed by atoms with Gasteiger partial charge in [-0.25, -0.2) is 0 Å². The first-order valence-corrected chi connectivity index (χ1v) is 7.26. The van der Waals surface area contributed by atoms with Crippen LogP contribution in [0.15, 0.2) is 12.1 Å². The van der Waals surface area contributed by atoms with Gasteiger partial charge >= 0.3 is 0 Å². The molecule has 1 aromatic rings. The third-order valence-electron chi connectivity index (χ3n) is 2.74. The van der Waals surface area contributed by atoms with E-state index in [2.05, 4.69) is 10.6 Å². The third kappa shape index (κ3) is 5.81. The molecule has 21 heavy (non-hydrogen) atoms. The second kappa shape index (κ2) is 8.74. The normalized spacial score (nSPS) is 10.6. The topological polar surface area (TPSA) is 59.6 Å². The number of amides is 1. The van der Waals surface area contributed by atoms with Crippen LogP contribution in [-0.4, -0.2) is 33.2 Å². The third-order valence-corrected chi connectivity index (χ3v) is 2.96. The van der Waals surface area contributed by atoms with E-state index in [-0.39, 0.29) is 12.5 Å². The van der Waals surface area contributed by atoms with Crippen molar-refractivity contribution in [1.29, 1.82) is 0 Å². The molecule has 0 aliphatic heterocycles. The molecule has 0 spiro atoms. The van der Waals surface area contributed by atoms with Gasteiger partial charge in [0.05, 0.1) is 7.11 Å². The molecule has 0 fully saturated rings. The molecular weight excluding hydrogens is 292 g/mol. The van der Waals surface area contributed by atoms with Crippen molar-refractivity contribution in [3.63, 3.8) is 0 Å². The summed E-state index contributed by atoms with van der Waals surface area (Å²) in [7, 11) is 3.37. The van der Waals surface area contributed by atoms with E-state index in [9.17, 15) is 4.79 Å². The van der Waals surface area contributed by atoms with E-state index in [0.29, 0.717) is 35.5 Å². The maximum absolute atomic E-state index is 11.7. The van der Waals surface area contributed by atoms with Crippen molar-refractivity contribution < 1.29 is 14.3 Å². The molecule has 0 radical (unpaired) electrons. The Morgan fingerprint density at radius 3 is 2.67 bits per heavy atom. The summed E-state index contributed by atoms with van der Waals surface area (Å²) >= 11 is 6.04. The van der Waals surface area contributed by atoms with Crippen molar-refractivity contribution in [2.24, 2.45) is 5.92 Å². The number of rotatable bonds is 8. The monoisotopic (exact) mass is 314 g/mol. The molecule has 1 amide bonds. The molecule has 118 valence electrons. The van der Waals surface area contributed by atoms with Gasteiger partial charge < -0.3 is 20.1 Å². The summed E-state index contributed by atoms with van der Waals surface area (Å²) in [5.74, 6) is 1.30. The van der Waals surface area contributed by atoms with E-state index in [0.717, 1.165) is 5.56 Å². The second-order valence-corrected chi connectivity index (χ2v) is 5.55. The Balaban J connectivity index is 2.78. The van der Waals surface area contributed by atoms with Gasteiger partial charge in [0.1, 0.15) is 0 Å². The molecule has 0 saturated carbocycles. The lowest BCUT2D eigenvalue weighted by Crippen LogP contribution is -2.32. The Morgan fingerprint density at radius 1 is 1.38 bits per heavy atom. The zero-order valence-corrected chi connectivity index (χ0v) is 13.7. The summed E-state index contributed by atoms with van der Waals surface area (Å²) in [6, 6.07) is 3.46. The van der Waals surface area contributed by atoms with Crippen molar-refractivity contribution in [2.45, 2.75) is 20.4 Å². The van der Waals surface area contributed by atoms with E-state index in [1.54, 1.807) is 19.2 Å². The van der Waals surface area contributed by atoms with Crippen molar-refractivity contribution in [1.82, 2.24) is 10.6 Å². The fraction of sp³-hybridized carbons (Fsp3) is 0.533. The molecule has 0 atom stereocenters. The van der Waals surface area contributed by atoms with Crippen LogP contribution in [0.4, 0.5) is 0 Å². The minimum absolute atomic E-state index is 0.0541. The Bertz CT molecular complexity index is 478. The van der Waals surface area contributed by atoms with E-state index in [1.165, 1.54) is 0 Å². The summed E-state index contributed by atoms with van der Waals surface area (Å²) in [5.41, 5.74) is 0.846. The smallest absolute Gasteiger partial charge is 0.257 e. The molecule has 1 rings (SSSR count). The van der Waals surface area contributed by atoms with Gasteiger partial charge in [-0.1, -0.05) is 25.4 Å². The summed E-state index contributed by atoms with van der Waals surface area (Å²) in [6.45, 7) is 5.22. The Kier molecular flexibility index (Phi) is 7.32. The Labute approximate surface area is 131 Å². The SMILES string of the molecule is CNCc1cc(Cl)cc(OC)c1OCC(=O)NCC(C)C. The lowest BCUT2D eigenvalue weighted by Gasteiger charge is -2.16. The van der Waals surface area contributed by atoms with Crippen LogP contribution in [0.1, 0.15) is 19.4 Å². The number of nitrogens with one attached hydrogen (secondary N) is 2. The zero-order valence-electron chi connectivity index (χ0n) is 13.0. The molecule has 0 aromatic heterocycles. The fourth-order valence-electron chi connectivity index (χ4n) is 1.77. The van der Waals surface area contributed by atoms with Crippen molar-refractivity contribution in [2.75, 3.05) is 27.3 Å². The molecule has 1 aromatic carbocycles. The molecule has 0 unspecified atom stereocenters. The van der Waals surface area contributed by atoms with Crippen molar-refractivity contribution >= 4 is 17.5 Å². The zero-order chi connectivity index (χ0) is 15.8.